The van der Waals surface area contributed by atoms with Gasteiger partial charge in [0.15, 0.2) is 0 Å². The van der Waals surface area contributed by atoms with Crippen LogP contribution in [0.25, 0.3) is 0 Å². The molecule has 0 aliphatic heterocycles. The molecule has 1 rings (SSSR count). The third-order valence-corrected chi connectivity index (χ3v) is 1.44. The van der Waals surface area contributed by atoms with Crippen LogP contribution in [0.1, 0.15) is 0 Å². The Morgan fingerprint density at radius 1 is 1.06 bits per heavy atom. The summed E-state index contributed by atoms with van der Waals surface area (Å²) in [7, 11) is 0. The molecule has 1 aromatic carbocycles. The van der Waals surface area contributed by atoms with Crippen molar-refractivity contribution in [3.05, 3.63) is 24.3 Å². The van der Waals surface area contributed by atoms with E-state index in [9.17, 15) is 13.2 Å². The van der Waals surface area contributed by atoms with Gasteiger partial charge in [0.1, 0.15) is 18.1 Å². The van der Waals surface area contributed by atoms with E-state index in [0.717, 1.165) is 0 Å². The van der Waals surface area contributed by atoms with Gasteiger partial charge in [0.25, 0.3) is 0 Å². The van der Waals surface area contributed by atoms with E-state index in [0.29, 0.717) is 18.9 Å². The van der Waals surface area contributed by atoms with Crippen LogP contribution in [0, 0.1) is 0 Å². The van der Waals surface area contributed by atoms with Gasteiger partial charge in [0, 0.05) is 6.54 Å². The molecule has 0 saturated heterocycles. The summed E-state index contributed by atoms with van der Waals surface area (Å²) >= 11 is 0. The van der Waals surface area contributed by atoms with E-state index < -0.39 is 6.36 Å². The smallest absolute Gasteiger partial charge is 0.492 e. The first-order chi connectivity index (χ1) is 7.01. The Kier molecular flexibility index (Phi) is 5.98. The van der Waals surface area contributed by atoms with E-state index in [1.807, 2.05) is 0 Å². The zero-order chi connectivity index (χ0) is 11.3. The maximum absolute atomic E-state index is 11.8. The molecule has 3 nitrogen and oxygen atoms in total. The summed E-state index contributed by atoms with van der Waals surface area (Å²) in [6.07, 6.45) is -4.67. The highest BCUT2D eigenvalue weighted by Crippen LogP contribution is 2.24. The van der Waals surface area contributed by atoms with Crippen LogP contribution in [0.2, 0.25) is 0 Å². The largest absolute Gasteiger partial charge is 0.573 e. The van der Waals surface area contributed by atoms with Crippen LogP contribution in [0.4, 0.5) is 13.2 Å². The summed E-state index contributed by atoms with van der Waals surface area (Å²) in [5, 5.41) is 0. The molecular formula is C9H11ClF3NO2. The van der Waals surface area contributed by atoms with Crippen molar-refractivity contribution in [2.75, 3.05) is 13.2 Å². The average Bonchev–Trinajstić information content (AvgIpc) is 2.14. The quantitative estimate of drug-likeness (QED) is 0.900. The molecule has 0 radical (unpaired) electrons. The lowest BCUT2D eigenvalue weighted by molar-refractivity contribution is -0.274. The summed E-state index contributed by atoms with van der Waals surface area (Å²) in [6, 6.07) is 5.13. The Hall–Kier alpha value is -1.14. The number of rotatable bonds is 4. The van der Waals surface area contributed by atoms with Gasteiger partial charge in [-0.25, -0.2) is 0 Å². The van der Waals surface area contributed by atoms with Gasteiger partial charge in [0.05, 0.1) is 0 Å². The van der Waals surface area contributed by atoms with Crippen LogP contribution in [0.5, 0.6) is 11.5 Å². The molecule has 16 heavy (non-hydrogen) atoms. The number of nitrogens with two attached hydrogens (primary N) is 1. The summed E-state index contributed by atoms with van der Waals surface area (Å²) < 4.78 is 44.1. The lowest BCUT2D eigenvalue weighted by Gasteiger charge is -2.09. The minimum absolute atomic E-state index is 0. The van der Waals surface area contributed by atoms with Crippen molar-refractivity contribution in [1.29, 1.82) is 0 Å². The van der Waals surface area contributed by atoms with E-state index in [-0.39, 0.29) is 18.2 Å². The van der Waals surface area contributed by atoms with Crippen molar-refractivity contribution in [3.63, 3.8) is 0 Å². The zero-order valence-electron chi connectivity index (χ0n) is 8.16. The van der Waals surface area contributed by atoms with Crippen LogP contribution >= 0.6 is 12.4 Å². The number of alkyl halides is 3. The molecule has 1 aromatic rings. The molecule has 0 atom stereocenters. The highest BCUT2D eigenvalue weighted by molar-refractivity contribution is 5.85. The first-order valence-electron chi connectivity index (χ1n) is 4.20. The topological polar surface area (TPSA) is 44.5 Å². The van der Waals surface area contributed by atoms with Crippen LogP contribution < -0.4 is 15.2 Å². The maximum Gasteiger partial charge on any atom is 0.573 e. The molecular weight excluding hydrogens is 247 g/mol. The monoisotopic (exact) mass is 257 g/mol. The summed E-state index contributed by atoms with van der Waals surface area (Å²) in [5.74, 6) is 0.178. The predicted octanol–water partition coefficient (Wildman–Crippen LogP) is 2.34. The van der Waals surface area contributed by atoms with Crippen LogP contribution in [0.3, 0.4) is 0 Å². The second kappa shape index (κ2) is 6.44. The normalized spacial score (nSPS) is 10.5. The number of ether oxygens (including phenoxy) is 2. The molecule has 0 bridgehead atoms. The van der Waals surface area contributed by atoms with E-state index in [1.165, 1.54) is 24.3 Å². The summed E-state index contributed by atoms with van der Waals surface area (Å²) in [4.78, 5) is 0. The Balaban J connectivity index is 0.00000225. The number of benzene rings is 1. The molecule has 7 heteroatoms. The number of hydrogen-bond acceptors (Lipinski definition) is 3. The Morgan fingerprint density at radius 2 is 1.56 bits per heavy atom. The van der Waals surface area contributed by atoms with Gasteiger partial charge in [-0.05, 0) is 24.3 Å². The van der Waals surface area contributed by atoms with E-state index in [4.69, 9.17) is 10.5 Å². The minimum atomic E-state index is -4.67. The molecule has 92 valence electrons. The van der Waals surface area contributed by atoms with Gasteiger partial charge >= 0.3 is 6.36 Å². The molecule has 0 aliphatic rings. The molecule has 0 amide bonds. The highest BCUT2D eigenvalue weighted by Gasteiger charge is 2.30. The second-order valence-electron chi connectivity index (χ2n) is 2.66. The van der Waals surface area contributed by atoms with Gasteiger partial charge in [-0.15, -0.1) is 25.6 Å². The predicted molar refractivity (Wildman–Crippen MR) is 54.9 cm³/mol. The molecule has 0 spiro atoms. The van der Waals surface area contributed by atoms with Gasteiger partial charge in [-0.2, -0.15) is 0 Å². The van der Waals surface area contributed by atoms with Crippen molar-refractivity contribution in [2.45, 2.75) is 6.36 Å². The third kappa shape index (κ3) is 5.67. The van der Waals surface area contributed by atoms with E-state index in [2.05, 4.69) is 4.74 Å². The Morgan fingerprint density at radius 3 is 2.00 bits per heavy atom. The molecule has 0 fully saturated rings. The standard InChI is InChI=1S/C9H10F3NO2.ClH/c10-9(11,12)15-8-3-1-7(2-4-8)14-6-5-13;/h1-4H,5-6,13H2;1H. The van der Waals surface area contributed by atoms with Gasteiger partial charge in [0.2, 0.25) is 0 Å². The summed E-state index contributed by atoms with van der Waals surface area (Å²) in [5.41, 5.74) is 5.19. The van der Waals surface area contributed by atoms with Gasteiger partial charge < -0.3 is 15.2 Å². The van der Waals surface area contributed by atoms with Gasteiger partial charge in [-0.1, -0.05) is 0 Å². The highest BCUT2D eigenvalue weighted by atomic mass is 35.5. The van der Waals surface area contributed by atoms with E-state index in [1.54, 1.807) is 0 Å². The minimum Gasteiger partial charge on any atom is -0.492 e. The fourth-order valence-electron chi connectivity index (χ4n) is 0.914. The molecule has 0 aromatic heterocycles. The Labute approximate surface area is 96.7 Å². The maximum atomic E-state index is 11.8. The van der Waals surface area contributed by atoms with Crippen LogP contribution in [-0.4, -0.2) is 19.5 Å². The molecule has 0 heterocycles. The SMILES string of the molecule is Cl.NCCOc1ccc(OC(F)(F)F)cc1. The first-order valence-corrected chi connectivity index (χ1v) is 4.20. The van der Waals surface area contributed by atoms with Crippen molar-refractivity contribution in [1.82, 2.24) is 0 Å². The number of hydrogen-bond donors (Lipinski definition) is 1. The molecule has 0 aliphatic carbocycles. The lowest BCUT2D eigenvalue weighted by Crippen LogP contribution is -2.17. The fraction of sp³-hybridized carbons (Fsp3) is 0.333. The summed E-state index contributed by atoms with van der Waals surface area (Å²) in [6.45, 7) is 0.667. The van der Waals surface area contributed by atoms with Crippen molar-refractivity contribution < 1.29 is 22.6 Å². The lowest BCUT2D eigenvalue weighted by atomic mass is 10.3. The average molecular weight is 258 g/mol. The third-order valence-electron chi connectivity index (χ3n) is 1.44. The van der Waals surface area contributed by atoms with Crippen LogP contribution in [0.15, 0.2) is 24.3 Å². The molecule has 2 N–H and O–H groups in total. The molecule has 0 unspecified atom stereocenters. The first kappa shape index (κ1) is 14.9. The van der Waals surface area contributed by atoms with Crippen LogP contribution in [-0.2, 0) is 0 Å². The van der Waals surface area contributed by atoms with E-state index >= 15 is 0 Å². The second-order valence-corrected chi connectivity index (χ2v) is 2.66. The zero-order valence-corrected chi connectivity index (χ0v) is 8.98. The molecule has 0 saturated carbocycles. The number of halogens is 4. The van der Waals surface area contributed by atoms with Crippen molar-refractivity contribution in [3.8, 4) is 11.5 Å². The van der Waals surface area contributed by atoms with Gasteiger partial charge in [-0.3, -0.25) is 0 Å². The fourth-order valence-corrected chi connectivity index (χ4v) is 0.914. The van der Waals surface area contributed by atoms with Crippen molar-refractivity contribution in [2.24, 2.45) is 5.73 Å². The Bertz CT molecular complexity index is 303. The van der Waals surface area contributed by atoms with Crippen molar-refractivity contribution >= 4 is 12.4 Å².